The zero-order valence-electron chi connectivity index (χ0n) is 36.7. The van der Waals surface area contributed by atoms with Gasteiger partial charge in [-0.3, -0.25) is 0 Å². The number of para-hydroxylation sites is 3. The Morgan fingerprint density at radius 3 is 1.31 bits per heavy atom. The Hall–Kier alpha value is -8.92. The van der Waals surface area contributed by atoms with Crippen molar-refractivity contribution in [1.29, 1.82) is 0 Å². The summed E-state index contributed by atoms with van der Waals surface area (Å²) in [5, 5.41) is 2.50. The number of anilines is 9. The summed E-state index contributed by atoms with van der Waals surface area (Å²) in [4.78, 5) is 7.22. The van der Waals surface area contributed by atoms with Gasteiger partial charge in [0.1, 0.15) is 0 Å². The Kier molecular flexibility index (Phi) is 9.17. The van der Waals surface area contributed by atoms with E-state index in [4.69, 9.17) is 0 Å². The minimum Gasteiger partial charge on any atom is -0.310 e. The molecule has 0 saturated heterocycles. The second-order valence-corrected chi connectivity index (χ2v) is 17.3. The van der Waals surface area contributed by atoms with E-state index in [2.05, 4.69) is 276 Å². The zero-order chi connectivity index (χ0) is 44.3. The molecule has 13 rings (SSSR count). The maximum absolute atomic E-state index is 2.42. The number of nitrogens with zero attached hydrogens (tertiary/aromatic N) is 3. The number of fused-ring (bicyclic) bond motifs is 7. The normalized spacial score (nSPS) is 12.1. The topological polar surface area (TPSA) is 9.72 Å². The maximum atomic E-state index is 2.42. The average Bonchev–Trinajstić information content (AvgIpc) is 3.52. The molecule has 0 aromatic heterocycles. The van der Waals surface area contributed by atoms with Crippen molar-refractivity contribution in [3.05, 3.63) is 261 Å². The number of hydrogen-bond acceptors (Lipinski definition) is 3. The summed E-state index contributed by atoms with van der Waals surface area (Å²) in [5.41, 5.74) is 22.2. The van der Waals surface area contributed by atoms with Crippen LogP contribution in [0.4, 0.5) is 51.2 Å². The molecule has 0 N–H and O–H groups in total. The number of hydrogen-bond donors (Lipinski definition) is 0. The Morgan fingerprint density at radius 1 is 0.239 bits per heavy atom. The van der Waals surface area contributed by atoms with Crippen molar-refractivity contribution >= 4 is 62.0 Å². The van der Waals surface area contributed by atoms with E-state index >= 15 is 0 Å². The van der Waals surface area contributed by atoms with Gasteiger partial charge in [0.05, 0.1) is 22.7 Å². The quantitative estimate of drug-likeness (QED) is 0.158. The van der Waals surface area contributed by atoms with Crippen LogP contribution in [-0.2, 0) is 0 Å². The van der Waals surface area contributed by atoms with Crippen molar-refractivity contribution in [3.8, 4) is 55.6 Å². The molecular formula is C64H43N3. The molecule has 314 valence electrons. The lowest BCUT2D eigenvalue weighted by atomic mass is 9.90. The largest absolute Gasteiger partial charge is 0.310 e. The molecule has 3 nitrogen and oxygen atoms in total. The smallest absolute Gasteiger partial charge is 0.0546 e. The fourth-order valence-electron chi connectivity index (χ4n) is 10.4. The van der Waals surface area contributed by atoms with E-state index in [9.17, 15) is 0 Å². The van der Waals surface area contributed by atoms with E-state index in [-0.39, 0.29) is 0 Å². The number of rotatable bonds is 7. The molecule has 0 radical (unpaired) electrons. The van der Waals surface area contributed by atoms with Gasteiger partial charge in [-0.15, -0.1) is 0 Å². The highest BCUT2D eigenvalue weighted by atomic mass is 15.2. The molecule has 11 aromatic carbocycles. The summed E-state index contributed by atoms with van der Waals surface area (Å²) >= 11 is 0. The van der Waals surface area contributed by atoms with Crippen LogP contribution in [0.3, 0.4) is 0 Å². The molecule has 2 aliphatic rings. The molecule has 0 saturated carbocycles. The zero-order valence-corrected chi connectivity index (χ0v) is 36.7. The lowest BCUT2D eigenvalue weighted by Crippen LogP contribution is -2.16. The van der Waals surface area contributed by atoms with Crippen molar-refractivity contribution in [2.24, 2.45) is 0 Å². The van der Waals surface area contributed by atoms with E-state index in [1.165, 1.54) is 72.2 Å². The summed E-state index contributed by atoms with van der Waals surface area (Å²) < 4.78 is 0. The molecule has 67 heavy (non-hydrogen) atoms. The Labute approximate surface area is 391 Å². The van der Waals surface area contributed by atoms with Gasteiger partial charge in [0.25, 0.3) is 0 Å². The van der Waals surface area contributed by atoms with Gasteiger partial charge in [-0.1, -0.05) is 170 Å². The van der Waals surface area contributed by atoms with Gasteiger partial charge in [0, 0.05) is 50.5 Å². The van der Waals surface area contributed by atoms with E-state index in [1.54, 1.807) is 0 Å². The molecule has 2 aliphatic heterocycles. The van der Waals surface area contributed by atoms with Crippen LogP contribution in [0.15, 0.2) is 261 Å². The summed E-state index contributed by atoms with van der Waals surface area (Å²) in [6.45, 7) is 0. The van der Waals surface area contributed by atoms with Gasteiger partial charge in [0.15, 0.2) is 0 Å². The fraction of sp³-hybridized carbons (Fsp3) is 0. The first-order valence-corrected chi connectivity index (χ1v) is 23.0. The summed E-state index contributed by atoms with van der Waals surface area (Å²) in [5.74, 6) is 0. The summed E-state index contributed by atoms with van der Waals surface area (Å²) in [7, 11) is 0. The van der Waals surface area contributed by atoms with E-state index in [0.29, 0.717) is 0 Å². The minimum atomic E-state index is 1.08. The third kappa shape index (κ3) is 6.51. The van der Waals surface area contributed by atoms with Crippen LogP contribution in [0.25, 0.3) is 66.4 Å². The van der Waals surface area contributed by atoms with Gasteiger partial charge < -0.3 is 14.7 Å². The molecular weight excluding hydrogens is 811 g/mol. The monoisotopic (exact) mass is 853 g/mol. The standard InChI is InChI=1S/C64H43N3/c1-4-16-44(17-5-1)45-30-35-51(36-31-45)65(53-39-41-62-59(43-53)57-27-14-18-47-19-15-29-63(64(47)57)67(62)50-22-8-3-9-23-50)52-37-32-46(33-38-52)48-34-40-61-58(42-48)55-25-11-10-24-54(55)56-26-12-13-28-60(56)66(61)49-20-6-2-7-21-49/h1-43H. The highest BCUT2D eigenvalue weighted by Crippen LogP contribution is 2.54. The molecule has 3 heteroatoms. The van der Waals surface area contributed by atoms with Gasteiger partial charge in [-0.05, 0) is 135 Å². The Bertz CT molecular complexity index is 3620. The van der Waals surface area contributed by atoms with Crippen LogP contribution in [0.5, 0.6) is 0 Å². The van der Waals surface area contributed by atoms with Crippen molar-refractivity contribution in [2.75, 3.05) is 14.7 Å². The highest BCUT2D eigenvalue weighted by molar-refractivity contribution is 6.14. The minimum absolute atomic E-state index is 1.08. The Morgan fingerprint density at radius 2 is 0.657 bits per heavy atom. The molecule has 11 aromatic rings. The molecule has 0 fully saturated rings. The summed E-state index contributed by atoms with van der Waals surface area (Å²) in [6, 6.07) is 95.0. The number of benzene rings is 11. The fourth-order valence-corrected chi connectivity index (χ4v) is 10.4. The van der Waals surface area contributed by atoms with Crippen LogP contribution in [0.2, 0.25) is 0 Å². The summed E-state index contributed by atoms with van der Waals surface area (Å²) in [6.07, 6.45) is 0. The van der Waals surface area contributed by atoms with Crippen molar-refractivity contribution in [2.45, 2.75) is 0 Å². The third-order valence-electron chi connectivity index (χ3n) is 13.5. The van der Waals surface area contributed by atoms with Crippen molar-refractivity contribution < 1.29 is 0 Å². The van der Waals surface area contributed by atoms with Crippen LogP contribution < -0.4 is 14.7 Å². The van der Waals surface area contributed by atoms with Crippen LogP contribution in [0.1, 0.15) is 0 Å². The predicted octanol–water partition coefficient (Wildman–Crippen LogP) is 18.2. The molecule has 0 atom stereocenters. The third-order valence-corrected chi connectivity index (χ3v) is 13.5. The first-order valence-electron chi connectivity index (χ1n) is 23.0. The van der Waals surface area contributed by atoms with Crippen molar-refractivity contribution in [1.82, 2.24) is 0 Å². The van der Waals surface area contributed by atoms with Gasteiger partial charge >= 0.3 is 0 Å². The first-order chi connectivity index (χ1) is 33.2. The SMILES string of the molecule is c1ccc(-c2ccc(N(c3ccc(-c4ccc5c(c4)-c4ccccc4-c4ccccc4N5c4ccccc4)cc3)c3ccc4c(c3)-c3cccc5cccc(c35)N4c3ccccc3)cc2)cc1. The molecule has 0 amide bonds. The van der Waals surface area contributed by atoms with Crippen LogP contribution in [-0.4, -0.2) is 0 Å². The molecule has 0 unspecified atom stereocenters. The Balaban J connectivity index is 0.945. The first kappa shape index (κ1) is 38.5. The van der Waals surface area contributed by atoms with Gasteiger partial charge in [-0.2, -0.15) is 0 Å². The molecule has 0 spiro atoms. The predicted molar refractivity (Wildman–Crippen MR) is 282 cm³/mol. The van der Waals surface area contributed by atoms with Crippen molar-refractivity contribution in [3.63, 3.8) is 0 Å². The van der Waals surface area contributed by atoms with E-state index < -0.39 is 0 Å². The van der Waals surface area contributed by atoms with E-state index in [1.807, 2.05) is 0 Å². The van der Waals surface area contributed by atoms with Crippen LogP contribution in [0, 0.1) is 0 Å². The second-order valence-electron chi connectivity index (χ2n) is 17.3. The lowest BCUT2D eigenvalue weighted by Gasteiger charge is -2.35. The highest BCUT2D eigenvalue weighted by Gasteiger charge is 2.29. The lowest BCUT2D eigenvalue weighted by molar-refractivity contribution is 1.25. The van der Waals surface area contributed by atoms with Crippen LogP contribution >= 0.6 is 0 Å². The van der Waals surface area contributed by atoms with E-state index in [0.717, 1.165) is 45.4 Å². The molecule has 2 heterocycles. The molecule has 0 bridgehead atoms. The molecule has 0 aliphatic carbocycles. The average molecular weight is 854 g/mol. The van der Waals surface area contributed by atoms with Gasteiger partial charge in [-0.25, -0.2) is 0 Å². The maximum Gasteiger partial charge on any atom is 0.0546 e. The van der Waals surface area contributed by atoms with Gasteiger partial charge in [0.2, 0.25) is 0 Å². The second kappa shape index (κ2) is 16.0.